The van der Waals surface area contributed by atoms with Crippen LogP contribution in [0.15, 0.2) is 33.8 Å². The molecule has 0 atom stereocenters. The average Bonchev–Trinajstić information content (AvgIpc) is 2.62. The summed E-state index contributed by atoms with van der Waals surface area (Å²) in [6.07, 6.45) is 2.31. The number of phenols is 1. The third-order valence-corrected chi connectivity index (χ3v) is 3.42. The minimum Gasteiger partial charge on any atom is -0.507 e. The number of nitrogens with zero attached hydrogens (tertiary/aromatic N) is 1. The summed E-state index contributed by atoms with van der Waals surface area (Å²) >= 11 is 0. The predicted molar refractivity (Wildman–Crippen MR) is 61.1 cm³/mol. The van der Waals surface area contributed by atoms with E-state index in [1.165, 1.54) is 24.4 Å². The van der Waals surface area contributed by atoms with Crippen LogP contribution in [0.3, 0.4) is 0 Å². The molecule has 0 aliphatic carbocycles. The number of nitrogens with two attached hydrogens (primary N) is 1. The fourth-order valence-corrected chi connectivity index (χ4v) is 2.60. The first kappa shape index (κ1) is 11.5. The standard InChI is InChI=1S/C10H10N2O4S/c1-17(14,15)9-6(3-2-4-8(9)13)7-5-12-16-10(7)11/h2-5,13H,11H2,1H3. The Morgan fingerprint density at radius 1 is 1.35 bits per heavy atom. The lowest BCUT2D eigenvalue weighted by molar-refractivity contribution is 0.436. The zero-order valence-electron chi connectivity index (χ0n) is 8.91. The lowest BCUT2D eigenvalue weighted by Crippen LogP contribution is -2.01. The van der Waals surface area contributed by atoms with E-state index in [-0.39, 0.29) is 22.1 Å². The molecule has 0 fully saturated rings. The second-order valence-corrected chi connectivity index (χ2v) is 5.48. The summed E-state index contributed by atoms with van der Waals surface area (Å²) in [5, 5.41) is 13.1. The van der Waals surface area contributed by atoms with Gasteiger partial charge in [-0.2, -0.15) is 0 Å². The summed E-state index contributed by atoms with van der Waals surface area (Å²) in [5.74, 6) is -0.328. The molecule has 0 unspecified atom stereocenters. The van der Waals surface area contributed by atoms with Crippen molar-refractivity contribution in [2.24, 2.45) is 0 Å². The van der Waals surface area contributed by atoms with Gasteiger partial charge in [0.1, 0.15) is 10.6 Å². The van der Waals surface area contributed by atoms with Crippen molar-refractivity contribution >= 4 is 15.7 Å². The molecule has 2 aromatic rings. The van der Waals surface area contributed by atoms with Gasteiger partial charge in [-0.15, -0.1) is 0 Å². The van der Waals surface area contributed by atoms with Crippen LogP contribution < -0.4 is 5.73 Å². The van der Waals surface area contributed by atoms with Gasteiger partial charge in [0, 0.05) is 11.8 Å². The molecule has 3 N–H and O–H groups in total. The molecule has 90 valence electrons. The molecule has 1 aromatic heterocycles. The van der Waals surface area contributed by atoms with Gasteiger partial charge in [-0.3, -0.25) is 0 Å². The van der Waals surface area contributed by atoms with E-state index in [0.29, 0.717) is 5.56 Å². The smallest absolute Gasteiger partial charge is 0.229 e. The van der Waals surface area contributed by atoms with Gasteiger partial charge in [0.25, 0.3) is 0 Å². The second-order valence-electron chi connectivity index (χ2n) is 3.53. The van der Waals surface area contributed by atoms with Crippen LogP contribution in [-0.4, -0.2) is 24.9 Å². The fourth-order valence-electron chi connectivity index (χ4n) is 1.58. The van der Waals surface area contributed by atoms with Gasteiger partial charge in [0.15, 0.2) is 9.84 Å². The maximum Gasteiger partial charge on any atom is 0.229 e. The summed E-state index contributed by atoms with van der Waals surface area (Å²) in [4.78, 5) is -0.185. The van der Waals surface area contributed by atoms with Crippen molar-refractivity contribution < 1.29 is 18.0 Å². The first-order valence-corrected chi connectivity index (χ1v) is 6.53. The van der Waals surface area contributed by atoms with Crippen molar-refractivity contribution in [3.8, 4) is 16.9 Å². The molecule has 0 bridgehead atoms. The van der Waals surface area contributed by atoms with E-state index in [4.69, 9.17) is 5.73 Å². The molecule has 7 heteroatoms. The summed E-state index contributed by atoms with van der Waals surface area (Å²) < 4.78 is 27.9. The molecule has 2 rings (SSSR count). The Kier molecular flexibility index (Phi) is 2.55. The van der Waals surface area contributed by atoms with E-state index in [1.54, 1.807) is 0 Å². The van der Waals surface area contributed by atoms with E-state index in [1.807, 2.05) is 0 Å². The van der Waals surface area contributed by atoms with Gasteiger partial charge in [-0.25, -0.2) is 8.42 Å². The van der Waals surface area contributed by atoms with Crippen LogP contribution in [0.5, 0.6) is 5.75 Å². The van der Waals surface area contributed by atoms with Crippen molar-refractivity contribution in [3.05, 3.63) is 24.4 Å². The molecule has 17 heavy (non-hydrogen) atoms. The van der Waals surface area contributed by atoms with Crippen LogP contribution in [-0.2, 0) is 9.84 Å². The minimum atomic E-state index is -3.58. The number of nitrogen functional groups attached to an aromatic ring is 1. The van der Waals surface area contributed by atoms with Crippen LogP contribution in [0.1, 0.15) is 0 Å². The highest BCUT2D eigenvalue weighted by Gasteiger charge is 2.21. The Labute approximate surface area is 97.6 Å². The maximum atomic E-state index is 11.6. The fraction of sp³-hybridized carbons (Fsp3) is 0.100. The Bertz CT molecular complexity index is 661. The number of rotatable bonds is 2. The molecule has 0 aliphatic heterocycles. The Balaban J connectivity index is 2.81. The molecule has 0 saturated heterocycles. The molecule has 1 aromatic carbocycles. The van der Waals surface area contributed by atoms with Crippen LogP contribution in [0.4, 0.5) is 5.88 Å². The van der Waals surface area contributed by atoms with Crippen LogP contribution in [0.2, 0.25) is 0 Å². The number of hydrogen-bond acceptors (Lipinski definition) is 6. The highest BCUT2D eigenvalue weighted by molar-refractivity contribution is 7.91. The number of aromatic hydroxyl groups is 1. The van der Waals surface area contributed by atoms with Gasteiger partial charge in [0.2, 0.25) is 5.88 Å². The van der Waals surface area contributed by atoms with Crippen molar-refractivity contribution in [1.82, 2.24) is 5.16 Å². The summed E-state index contributed by atoms with van der Waals surface area (Å²) in [5.41, 5.74) is 6.13. The summed E-state index contributed by atoms with van der Waals surface area (Å²) in [7, 11) is -3.58. The number of sulfone groups is 1. The van der Waals surface area contributed by atoms with Gasteiger partial charge < -0.3 is 15.4 Å². The number of phenolic OH excluding ortho intramolecular Hbond substituents is 1. The lowest BCUT2D eigenvalue weighted by atomic mass is 10.1. The molecular weight excluding hydrogens is 244 g/mol. The van der Waals surface area contributed by atoms with Crippen molar-refractivity contribution in [2.75, 3.05) is 12.0 Å². The number of benzene rings is 1. The van der Waals surface area contributed by atoms with Gasteiger partial charge in [-0.1, -0.05) is 17.3 Å². The number of anilines is 1. The van der Waals surface area contributed by atoms with Crippen molar-refractivity contribution in [2.45, 2.75) is 4.90 Å². The zero-order valence-corrected chi connectivity index (χ0v) is 9.73. The van der Waals surface area contributed by atoms with E-state index in [0.717, 1.165) is 6.26 Å². The highest BCUT2D eigenvalue weighted by Crippen LogP contribution is 2.36. The Morgan fingerprint density at radius 2 is 2.06 bits per heavy atom. The van der Waals surface area contributed by atoms with Gasteiger partial charge in [-0.05, 0) is 6.07 Å². The SMILES string of the molecule is CS(=O)(=O)c1c(O)cccc1-c1cnoc1N. The molecule has 0 saturated carbocycles. The predicted octanol–water partition coefficient (Wildman–Crippen LogP) is 1.03. The normalized spacial score (nSPS) is 11.6. The molecule has 1 heterocycles. The molecule has 6 nitrogen and oxygen atoms in total. The molecule has 0 radical (unpaired) electrons. The van der Waals surface area contributed by atoms with E-state index in [9.17, 15) is 13.5 Å². The second kappa shape index (κ2) is 3.77. The zero-order chi connectivity index (χ0) is 12.6. The molecule has 0 amide bonds. The number of aromatic nitrogens is 1. The first-order valence-electron chi connectivity index (χ1n) is 4.64. The van der Waals surface area contributed by atoms with Crippen LogP contribution in [0.25, 0.3) is 11.1 Å². The third kappa shape index (κ3) is 1.96. The van der Waals surface area contributed by atoms with E-state index in [2.05, 4.69) is 9.68 Å². The van der Waals surface area contributed by atoms with Crippen LogP contribution >= 0.6 is 0 Å². The number of hydrogen-bond donors (Lipinski definition) is 2. The first-order chi connectivity index (χ1) is 7.91. The van der Waals surface area contributed by atoms with E-state index >= 15 is 0 Å². The highest BCUT2D eigenvalue weighted by atomic mass is 32.2. The molecule has 0 aliphatic rings. The Morgan fingerprint density at radius 3 is 2.59 bits per heavy atom. The quantitative estimate of drug-likeness (QED) is 0.829. The maximum absolute atomic E-state index is 11.6. The van der Waals surface area contributed by atoms with Crippen LogP contribution in [0, 0.1) is 0 Å². The topological polar surface area (TPSA) is 106 Å². The third-order valence-electron chi connectivity index (χ3n) is 2.25. The Hall–Kier alpha value is -2.02. The van der Waals surface area contributed by atoms with Gasteiger partial charge >= 0.3 is 0 Å². The summed E-state index contributed by atoms with van der Waals surface area (Å²) in [6.45, 7) is 0. The molecular formula is C10H10N2O4S. The largest absolute Gasteiger partial charge is 0.507 e. The lowest BCUT2D eigenvalue weighted by Gasteiger charge is -2.08. The van der Waals surface area contributed by atoms with Crippen molar-refractivity contribution in [1.29, 1.82) is 0 Å². The van der Waals surface area contributed by atoms with Crippen molar-refractivity contribution in [3.63, 3.8) is 0 Å². The molecule has 0 spiro atoms. The summed E-state index contributed by atoms with van der Waals surface area (Å²) in [6, 6.07) is 4.34. The average molecular weight is 254 g/mol. The monoisotopic (exact) mass is 254 g/mol. The van der Waals surface area contributed by atoms with Gasteiger partial charge in [0.05, 0.1) is 11.8 Å². The van der Waals surface area contributed by atoms with E-state index < -0.39 is 9.84 Å². The minimum absolute atomic E-state index is 0.000463.